The predicted molar refractivity (Wildman–Crippen MR) is 226 cm³/mol. The van der Waals surface area contributed by atoms with E-state index in [1.165, 1.54) is 51.4 Å². The summed E-state index contributed by atoms with van der Waals surface area (Å²) in [7, 11) is -4.74. The lowest BCUT2D eigenvalue weighted by molar-refractivity contribution is -0.161. The number of ether oxygens (including phenoxy) is 2. The zero-order valence-corrected chi connectivity index (χ0v) is 35.3. The fraction of sp³-hybridized carbons (Fsp3) is 0.659. The van der Waals surface area contributed by atoms with E-state index in [2.05, 4.69) is 79.1 Å². The van der Waals surface area contributed by atoms with Gasteiger partial charge >= 0.3 is 25.7 Å². The third-order valence-corrected chi connectivity index (χ3v) is 9.39. The van der Waals surface area contributed by atoms with Gasteiger partial charge in [-0.05, 0) is 77.0 Å². The van der Waals surface area contributed by atoms with Crippen LogP contribution in [0.4, 0.5) is 0 Å². The second-order valence-electron chi connectivity index (χ2n) is 13.7. The molecule has 320 valence electrons. The van der Waals surface area contributed by atoms with Crippen molar-refractivity contribution in [1.82, 2.24) is 0 Å². The van der Waals surface area contributed by atoms with E-state index >= 15 is 0 Å². The van der Waals surface area contributed by atoms with Crippen molar-refractivity contribution < 1.29 is 47.5 Å². The normalized spacial score (nSPS) is 14.5. The first-order chi connectivity index (χ1) is 27.1. The predicted octanol–water partition coefficient (Wildman–Crippen LogP) is 10.9. The highest BCUT2D eigenvalue weighted by Crippen LogP contribution is 2.43. The number of unbranched alkanes of at least 4 members (excludes halogenated alkanes) is 12. The maximum absolute atomic E-state index is 12.6. The number of carboxylic acids is 1. The summed E-state index contributed by atoms with van der Waals surface area (Å²) in [5.41, 5.74) is 5.32. The summed E-state index contributed by atoms with van der Waals surface area (Å²) in [5.74, 6) is -2.48. The van der Waals surface area contributed by atoms with Crippen molar-refractivity contribution >= 4 is 25.7 Å². The van der Waals surface area contributed by atoms with Crippen molar-refractivity contribution in [3.63, 3.8) is 0 Å². The molecule has 56 heavy (non-hydrogen) atoms. The summed E-state index contributed by atoms with van der Waals surface area (Å²) in [6, 6.07) is -1.53. The van der Waals surface area contributed by atoms with Crippen molar-refractivity contribution in [2.45, 2.75) is 167 Å². The van der Waals surface area contributed by atoms with E-state index < -0.39 is 51.1 Å². The maximum Gasteiger partial charge on any atom is 0.472 e. The quantitative estimate of drug-likeness (QED) is 0.0235. The van der Waals surface area contributed by atoms with Crippen molar-refractivity contribution in [2.75, 3.05) is 19.8 Å². The average Bonchev–Trinajstić information content (AvgIpc) is 3.17. The molecule has 0 amide bonds. The SMILES string of the molecule is CC/C=C/C/C=C/C/C=C/C/C=C/C/C=C/CCCC(=O)O[C@H](COC(=O)CCCCC/C=C/CCCCCCCCCC)COP(=O)(O)OC[C@H](N)C(=O)O. The Bertz CT molecular complexity index is 1230. The molecule has 0 saturated heterocycles. The lowest BCUT2D eigenvalue weighted by Gasteiger charge is -2.20. The minimum Gasteiger partial charge on any atom is -0.480 e. The summed E-state index contributed by atoms with van der Waals surface area (Å²) < 4.78 is 32.6. The summed E-state index contributed by atoms with van der Waals surface area (Å²) in [6.07, 6.45) is 45.5. The fourth-order valence-electron chi connectivity index (χ4n) is 5.15. The van der Waals surface area contributed by atoms with Crippen LogP contribution in [0.5, 0.6) is 0 Å². The Balaban J connectivity index is 4.53. The molecule has 0 bridgehead atoms. The molecule has 0 radical (unpaired) electrons. The largest absolute Gasteiger partial charge is 0.480 e. The number of phosphoric ester groups is 1. The Hall–Kier alpha value is -3.08. The summed E-state index contributed by atoms with van der Waals surface area (Å²) in [5, 5.41) is 8.88. The number of hydrogen-bond acceptors (Lipinski definition) is 9. The number of carbonyl (C=O) groups excluding carboxylic acids is 2. The van der Waals surface area contributed by atoms with E-state index in [-0.39, 0.29) is 19.4 Å². The lowest BCUT2D eigenvalue weighted by Crippen LogP contribution is -2.34. The first-order valence-electron chi connectivity index (χ1n) is 21.0. The molecule has 0 aliphatic rings. The number of aliphatic carboxylic acids is 1. The van der Waals surface area contributed by atoms with Crippen LogP contribution >= 0.6 is 7.82 Å². The first-order valence-corrected chi connectivity index (χ1v) is 22.5. The zero-order valence-electron chi connectivity index (χ0n) is 34.4. The zero-order chi connectivity index (χ0) is 41.4. The lowest BCUT2D eigenvalue weighted by atomic mass is 10.1. The number of hydrogen-bond donors (Lipinski definition) is 3. The van der Waals surface area contributed by atoms with Gasteiger partial charge in [-0.1, -0.05) is 138 Å². The summed E-state index contributed by atoms with van der Waals surface area (Å²) >= 11 is 0. The molecular weight excluding hydrogens is 733 g/mol. The van der Waals surface area contributed by atoms with Gasteiger partial charge in [0.2, 0.25) is 0 Å². The number of allylic oxidation sites excluding steroid dienone is 12. The van der Waals surface area contributed by atoms with Crippen molar-refractivity contribution in [3.8, 4) is 0 Å². The highest BCUT2D eigenvalue weighted by atomic mass is 31.2. The van der Waals surface area contributed by atoms with Gasteiger partial charge in [-0.3, -0.25) is 23.4 Å². The third kappa shape index (κ3) is 37.8. The minimum atomic E-state index is -4.74. The van der Waals surface area contributed by atoms with Crippen molar-refractivity contribution in [1.29, 1.82) is 0 Å². The number of carboxylic acid groups (broad SMARTS) is 1. The Morgan fingerprint density at radius 2 is 1.02 bits per heavy atom. The molecule has 0 heterocycles. The van der Waals surface area contributed by atoms with Crippen LogP contribution < -0.4 is 5.73 Å². The smallest absolute Gasteiger partial charge is 0.472 e. The molecule has 0 saturated carbocycles. The molecule has 0 aliphatic carbocycles. The molecule has 11 nitrogen and oxygen atoms in total. The topological polar surface area (TPSA) is 172 Å². The molecule has 0 aromatic heterocycles. The standard InChI is InChI=1S/C44H74NO10P/c1-3-5-7-9-11-13-15-17-19-20-22-24-26-28-30-32-34-36-43(47)55-40(38-53-56(50,51)54-39-41(45)44(48)49)37-52-42(46)35-33-31-29-27-25-23-21-18-16-14-12-10-8-6-4-2/h5,7,11,13,17,19,22-25,28,30,40-41H,3-4,6,8-10,12,14-16,18,20-21,26-27,29,31-39,45H2,1-2H3,(H,48,49)(H,50,51)/b7-5+,13-11+,19-17+,24-22+,25-23+,30-28+/t40-,41+/m1/s1. The van der Waals surface area contributed by atoms with Crippen LogP contribution in [0.15, 0.2) is 72.9 Å². The van der Waals surface area contributed by atoms with E-state index in [1.807, 2.05) is 12.2 Å². The second kappa shape index (κ2) is 38.8. The molecule has 0 rings (SSSR count). The van der Waals surface area contributed by atoms with Crippen LogP contribution in [0.3, 0.4) is 0 Å². The highest BCUT2D eigenvalue weighted by Gasteiger charge is 2.28. The van der Waals surface area contributed by atoms with E-state index in [0.29, 0.717) is 19.3 Å². The third-order valence-electron chi connectivity index (χ3n) is 8.44. The van der Waals surface area contributed by atoms with Gasteiger partial charge < -0.3 is 25.2 Å². The summed E-state index contributed by atoms with van der Waals surface area (Å²) in [4.78, 5) is 45.9. The van der Waals surface area contributed by atoms with E-state index in [0.717, 1.165) is 57.8 Å². The molecule has 0 aromatic rings. The average molecular weight is 808 g/mol. The van der Waals surface area contributed by atoms with Gasteiger partial charge in [-0.15, -0.1) is 0 Å². The van der Waals surface area contributed by atoms with Gasteiger partial charge in [0.25, 0.3) is 0 Å². The molecular formula is C44H74NO10P. The maximum atomic E-state index is 12.6. The molecule has 1 unspecified atom stereocenters. The number of carbonyl (C=O) groups is 3. The van der Waals surface area contributed by atoms with E-state index in [1.54, 1.807) is 0 Å². The number of esters is 2. The Kier molecular flexibility index (Phi) is 36.6. The number of phosphoric acid groups is 1. The van der Waals surface area contributed by atoms with E-state index in [4.69, 9.17) is 24.8 Å². The molecule has 3 atom stereocenters. The Labute approximate surface area is 338 Å². The second-order valence-corrected chi connectivity index (χ2v) is 15.2. The van der Waals surface area contributed by atoms with Gasteiger partial charge in [0.1, 0.15) is 12.6 Å². The molecule has 12 heteroatoms. The van der Waals surface area contributed by atoms with Crippen LogP contribution in [-0.4, -0.2) is 59.9 Å². The highest BCUT2D eigenvalue weighted by molar-refractivity contribution is 7.47. The summed E-state index contributed by atoms with van der Waals surface area (Å²) in [6.45, 7) is 2.60. The van der Waals surface area contributed by atoms with Crippen LogP contribution in [-0.2, 0) is 37.5 Å². The van der Waals surface area contributed by atoms with Gasteiger partial charge in [0, 0.05) is 12.8 Å². The molecule has 0 spiro atoms. The molecule has 0 aromatic carbocycles. The number of nitrogens with two attached hydrogens (primary N) is 1. The Morgan fingerprint density at radius 1 is 0.571 bits per heavy atom. The minimum absolute atomic E-state index is 0.0765. The fourth-order valence-corrected chi connectivity index (χ4v) is 5.93. The van der Waals surface area contributed by atoms with Gasteiger partial charge in [0.05, 0.1) is 13.2 Å². The van der Waals surface area contributed by atoms with Crippen LogP contribution in [0.25, 0.3) is 0 Å². The van der Waals surface area contributed by atoms with E-state index in [9.17, 15) is 23.8 Å². The van der Waals surface area contributed by atoms with Gasteiger partial charge in [-0.25, -0.2) is 4.57 Å². The molecule has 4 N–H and O–H groups in total. The van der Waals surface area contributed by atoms with Crippen molar-refractivity contribution in [2.24, 2.45) is 5.73 Å². The van der Waals surface area contributed by atoms with Crippen LogP contribution in [0, 0.1) is 0 Å². The van der Waals surface area contributed by atoms with Gasteiger partial charge in [-0.2, -0.15) is 0 Å². The van der Waals surface area contributed by atoms with Crippen molar-refractivity contribution in [3.05, 3.63) is 72.9 Å². The first kappa shape index (κ1) is 52.9. The van der Waals surface area contributed by atoms with Crippen LogP contribution in [0.1, 0.15) is 155 Å². The Morgan fingerprint density at radius 3 is 1.57 bits per heavy atom. The number of rotatable bonds is 38. The van der Waals surface area contributed by atoms with Crippen LogP contribution in [0.2, 0.25) is 0 Å². The van der Waals surface area contributed by atoms with Gasteiger partial charge in [0.15, 0.2) is 6.10 Å². The monoisotopic (exact) mass is 808 g/mol. The molecule has 0 fully saturated rings. The molecule has 0 aliphatic heterocycles.